The molecular weight excluding hydrogens is 639 g/mol. The van der Waals surface area contributed by atoms with Gasteiger partial charge in [0.25, 0.3) is 0 Å². The molecular formula is C31H34N2O10Se. The number of carbonyl (C=O) groups excluding carboxylic acids is 6. The summed E-state index contributed by atoms with van der Waals surface area (Å²) < 4.78 is 19.8. The summed E-state index contributed by atoms with van der Waals surface area (Å²) >= 11 is -0.697. The van der Waals surface area contributed by atoms with Crippen molar-refractivity contribution in [2.24, 2.45) is 0 Å². The number of ketones is 1. The van der Waals surface area contributed by atoms with E-state index in [-0.39, 0.29) is 65.9 Å². The number of aromatic amines is 2. The number of aromatic nitrogens is 2. The van der Waals surface area contributed by atoms with E-state index in [1.165, 1.54) is 28.4 Å². The second kappa shape index (κ2) is 15.8. The van der Waals surface area contributed by atoms with Crippen LogP contribution >= 0.6 is 0 Å². The zero-order valence-electron chi connectivity index (χ0n) is 25.1. The summed E-state index contributed by atoms with van der Waals surface area (Å²) in [5.41, 5.74) is 2.07. The molecule has 0 atom stereocenters. The second-order valence-electron chi connectivity index (χ2n) is 9.60. The van der Waals surface area contributed by atoms with Crippen LogP contribution in [0.2, 0.25) is 0 Å². The van der Waals surface area contributed by atoms with Crippen LogP contribution in [0, 0.1) is 6.92 Å². The van der Waals surface area contributed by atoms with Crippen LogP contribution in [0.5, 0.6) is 0 Å². The summed E-state index contributed by atoms with van der Waals surface area (Å²) in [7, 11) is 4.93. The summed E-state index contributed by atoms with van der Waals surface area (Å²) in [6, 6.07) is 9.08. The molecule has 0 spiro atoms. The molecule has 234 valence electrons. The quantitative estimate of drug-likeness (QED) is 0.105. The maximum absolute atomic E-state index is 14.3. The first kappa shape index (κ1) is 34.0. The number of benzene rings is 1. The molecule has 0 aliphatic heterocycles. The van der Waals surface area contributed by atoms with Crippen LogP contribution in [0.4, 0.5) is 0 Å². The molecule has 0 radical (unpaired) electrons. The Morgan fingerprint density at radius 3 is 1.61 bits per heavy atom. The third kappa shape index (κ3) is 8.33. The molecule has 0 saturated heterocycles. The van der Waals surface area contributed by atoms with Crippen molar-refractivity contribution >= 4 is 53.8 Å². The number of rotatable bonds is 15. The molecule has 44 heavy (non-hydrogen) atoms. The number of hydrogen-bond donors (Lipinski definition) is 2. The van der Waals surface area contributed by atoms with Crippen LogP contribution in [-0.2, 0) is 63.8 Å². The first-order valence-corrected chi connectivity index (χ1v) is 15.3. The first-order valence-electron chi connectivity index (χ1n) is 13.6. The van der Waals surface area contributed by atoms with Gasteiger partial charge in [0.1, 0.15) is 0 Å². The van der Waals surface area contributed by atoms with E-state index in [2.05, 4.69) is 9.97 Å². The van der Waals surface area contributed by atoms with Gasteiger partial charge in [-0.25, -0.2) is 0 Å². The molecule has 1 aromatic carbocycles. The van der Waals surface area contributed by atoms with Crippen LogP contribution in [0.15, 0.2) is 30.3 Å². The van der Waals surface area contributed by atoms with E-state index in [4.69, 9.17) is 18.9 Å². The maximum atomic E-state index is 14.3. The number of ether oxygens (including phenoxy) is 4. The third-order valence-electron chi connectivity index (χ3n) is 6.97. The normalized spacial score (nSPS) is 10.7. The Bertz CT molecular complexity index is 1550. The van der Waals surface area contributed by atoms with E-state index in [0.717, 1.165) is 4.46 Å². The number of methoxy groups -OCH3 is 4. The van der Waals surface area contributed by atoms with Crippen molar-refractivity contribution in [2.45, 2.75) is 45.4 Å². The molecule has 0 bridgehead atoms. The van der Waals surface area contributed by atoms with E-state index in [1.54, 1.807) is 6.92 Å². The summed E-state index contributed by atoms with van der Waals surface area (Å²) in [6.07, 6.45) is -0.616. The molecule has 2 N–H and O–H groups in total. The standard InChI is InChI=1S/C31H34N2O10Se/c1-17-21(15-25(36)42-4)19(11-13-23(34)40-2)27(32-17)30(38)28-22(16-26(37)43-5)20(12-14-24(35)41-3)29(33-28)31(39)44-18-9-7-6-8-10-18/h6-10,32-33H,11-16H2,1-5H3. The fourth-order valence-electron chi connectivity index (χ4n) is 4.70. The van der Waals surface area contributed by atoms with Crippen LogP contribution in [-0.4, -0.2) is 87.7 Å². The van der Waals surface area contributed by atoms with Gasteiger partial charge in [-0.3, -0.25) is 0 Å². The van der Waals surface area contributed by atoms with Crippen molar-refractivity contribution in [1.82, 2.24) is 9.97 Å². The minimum atomic E-state index is -0.697. The molecule has 12 nitrogen and oxygen atoms in total. The monoisotopic (exact) mass is 674 g/mol. The SMILES string of the molecule is COC(=O)CCc1c(C(=O)c2[nH]c(C(=O)[Se]c3ccccc3)c(CCC(=O)OC)c2CC(=O)OC)[nH]c(C)c1CC(=O)OC. The Hall–Kier alpha value is -4.48. The van der Waals surface area contributed by atoms with Crippen molar-refractivity contribution < 1.29 is 47.7 Å². The third-order valence-corrected chi connectivity index (χ3v) is 8.85. The summed E-state index contributed by atoms with van der Waals surface area (Å²) in [5, 5.41) is 0. The summed E-state index contributed by atoms with van der Waals surface area (Å²) in [4.78, 5) is 82.9. The Kier molecular flexibility index (Phi) is 12.2. The zero-order valence-corrected chi connectivity index (χ0v) is 26.8. The fraction of sp³-hybridized carbons (Fsp3) is 0.355. The Morgan fingerprint density at radius 1 is 0.614 bits per heavy atom. The van der Waals surface area contributed by atoms with E-state index < -0.39 is 44.6 Å². The topological polar surface area (TPSA) is 171 Å². The van der Waals surface area contributed by atoms with E-state index in [9.17, 15) is 28.8 Å². The number of nitrogens with one attached hydrogen (secondary N) is 2. The average molecular weight is 674 g/mol. The van der Waals surface area contributed by atoms with Gasteiger partial charge in [-0.1, -0.05) is 0 Å². The van der Waals surface area contributed by atoms with Gasteiger partial charge in [0, 0.05) is 0 Å². The van der Waals surface area contributed by atoms with Crippen LogP contribution in [0.1, 0.15) is 67.5 Å². The molecule has 13 heteroatoms. The predicted octanol–water partition coefficient (Wildman–Crippen LogP) is 1.69. The van der Waals surface area contributed by atoms with Crippen molar-refractivity contribution in [3.8, 4) is 0 Å². The van der Waals surface area contributed by atoms with Crippen LogP contribution in [0.3, 0.4) is 0 Å². The van der Waals surface area contributed by atoms with Gasteiger partial charge >= 0.3 is 261 Å². The van der Waals surface area contributed by atoms with Gasteiger partial charge in [0.15, 0.2) is 0 Å². The van der Waals surface area contributed by atoms with Crippen molar-refractivity contribution in [1.29, 1.82) is 0 Å². The molecule has 0 unspecified atom stereocenters. The molecule has 0 saturated carbocycles. The molecule has 0 fully saturated rings. The van der Waals surface area contributed by atoms with Crippen molar-refractivity contribution in [3.05, 3.63) is 75.4 Å². The molecule has 0 amide bonds. The number of H-pyrrole nitrogens is 2. The van der Waals surface area contributed by atoms with E-state index in [1.807, 2.05) is 30.3 Å². The second-order valence-corrected chi connectivity index (χ2v) is 11.8. The number of carbonyl (C=O) groups is 6. The van der Waals surface area contributed by atoms with E-state index in [0.29, 0.717) is 22.4 Å². The van der Waals surface area contributed by atoms with Gasteiger partial charge in [-0.15, -0.1) is 0 Å². The zero-order chi connectivity index (χ0) is 32.4. The first-order chi connectivity index (χ1) is 21.0. The minimum absolute atomic E-state index is 0.0151. The Labute approximate surface area is 260 Å². The molecule has 3 rings (SSSR count). The van der Waals surface area contributed by atoms with Gasteiger partial charge in [0.2, 0.25) is 0 Å². The van der Waals surface area contributed by atoms with Crippen LogP contribution in [0.25, 0.3) is 0 Å². The Balaban J connectivity index is 2.21. The van der Waals surface area contributed by atoms with Gasteiger partial charge in [-0.05, 0) is 0 Å². The molecule has 0 aliphatic rings. The fourth-order valence-corrected chi connectivity index (χ4v) is 6.35. The molecule has 0 aliphatic carbocycles. The predicted molar refractivity (Wildman–Crippen MR) is 158 cm³/mol. The molecule has 2 aromatic heterocycles. The van der Waals surface area contributed by atoms with Crippen molar-refractivity contribution in [3.63, 3.8) is 0 Å². The Morgan fingerprint density at radius 2 is 1.09 bits per heavy atom. The van der Waals surface area contributed by atoms with Crippen molar-refractivity contribution in [2.75, 3.05) is 28.4 Å². The average Bonchev–Trinajstić information content (AvgIpc) is 3.54. The van der Waals surface area contributed by atoms with Crippen LogP contribution < -0.4 is 4.46 Å². The van der Waals surface area contributed by atoms with Gasteiger partial charge in [0.05, 0.1) is 0 Å². The van der Waals surface area contributed by atoms with E-state index >= 15 is 0 Å². The van der Waals surface area contributed by atoms with Gasteiger partial charge < -0.3 is 0 Å². The number of hydrogen-bond acceptors (Lipinski definition) is 10. The summed E-state index contributed by atoms with van der Waals surface area (Å²) in [6.45, 7) is 1.68. The molecule has 2 heterocycles. The number of esters is 4. The van der Waals surface area contributed by atoms with Gasteiger partial charge in [-0.2, -0.15) is 0 Å². The number of aryl methyl sites for hydroxylation is 1. The summed E-state index contributed by atoms with van der Waals surface area (Å²) in [5.74, 6) is -2.86. The molecule has 3 aromatic rings.